The van der Waals surface area contributed by atoms with E-state index in [4.69, 9.17) is 11.6 Å². The van der Waals surface area contributed by atoms with Crippen LogP contribution in [0.3, 0.4) is 0 Å². The molecular formula is C24H31ClN4O3S. The highest BCUT2D eigenvalue weighted by molar-refractivity contribution is 7.88. The Bertz CT molecular complexity index is 1100. The number of benzene rings is 2. The summed E-state index contributed by atoms with van der Waals surface area (Å²) in [4.78, 5) is 17.8. The van der Waals surface area contributed by atoms with Crippen LogP contribution in [-0.2, 0) is 34.3 Å². The predicted molar refractivity (Wildman–Crippen MR) is 132 cm³/mol. The second-order valence-electron chi connectivity index (χ2n) is 8.87. The van der Waals surface area contributed by atoms with Crippen molar-refractivity contribution in [3.8, 4) is 0 Å². The lowest BCUT2D eigenvalue weighted by Crippen LogP contribution is -2.48. The van der Waals surface area contributed by atoms with Gasteiger partial charge in [-0.05, 0) is 47.4 Å². The van der Waals surface area contributed by atoms with Gasteiger partial charge in [0.2, 0.25) is 15.9 Å². The van der Waals surface area contributed by atoms with Crippen LogP contribution in [0.25, 0.3) is 0 Å². The minimum absolute atomic E-state index is 0.00525. The molecule has 33 heavy (non-hydrogen) atoms. The number of halogens is 1. The zero-order valence-corrected chi connectivity index (χ0v) is 20.8. The van der Waals surface area contributed by atoms with Gasteiger partial charge in [0, 0.05) is 70.5 Å². The van der Waals surface area contributed by atoms with Crippen LogP contribution in [0.1, 0.15) is 23.6 Å². The molecule has 0 spiro atoms. The van der Waals surface area contributed by atoms with Crippen LogP contribution in [0.15, 0.2) is 42.5 Å². The third-order valence-corrected chi connectivity index (χ3v) is 8.53. The summed E-state index contributed by atoms with van der Waals surface area (Å²) in [6, 6.07) is 13.7. The van der Waals surface area contributed by atoms with E-state index in [1.165, 1.54) is 21.1 Å². The van der Waals surface area contributed by atoms with Crippen molar-refractivity contribution in [2.24, 2.45) is 0 Å². The fraction of sp³-hybridized carbons (Fsp3) is 0.458. The smallest absolute Gasteiger partial charge is 0.227 e. The quantitative estimate of drug-likeness (QED) is 0.623. The molecule has 1 amide bonds. The Balaban J connectivity index is 1.35. The van der Waals surface area contributed by atoms with Crippen molar-refractivity contribution in [2.45, 2.75) is 26.4 Å². The molecule has 1 saturated heterocycles. The van der Waals surface area contributed by atoms with Gasteiger partial charge in [-0.1, -0.05) is 29.8 Å². The van der Waals surface area contributed by atoms with Crippen LogP contribution >= 0.6 is 11.6 Å². The van der Waals surface area contributed by atoms with Gasteiger partial charge in [0.15, 0.2) is 0 Å². The Hall–Kier alpha value is -2.13. The van der Waals surface area contributed by atoms with E-state index in [0.717, 1.165) is 38.2 Å². The van der Waals surface area contributed by atoms with Crippen molar-refractivity contribution in [3.05, 3.63) is 64.2 Å². The van der Waals surface area contributed by atoms with Crippen molar-refractivity contribution in [2.75, 3.05) is 50.5 Å². The first kappa shape index (κ1) is 24.0. The third kappa shape index (κ3) is 5.87. The molecule has 2 heterocycles. The number of carbonyl (C=O) groups excluding carboxylic acids is 1. The van der Waals surface area contributed by atoms with Crippen LogP contribution < -0.4 is 4.90 Å². The Labute approximate surface area is 201 Å². The van der Waals surface area contributed by atoms with E-state index in [2.05, 4.69) is 23.1 Å². The molecule has 1 fully saturated rings. The number of fused-ring (bicyclic) bond motifs is 1. The number of nitrogens with zero attached hydrogens (tertiary/aromatic N) is 4. The normalized spacial score (nSPS) is 17.3. The molecule has 0 aromatic heterocycles. The fourth-order valence-electron chi connectivity index (χ4n) is 4.46. The van der Waals surface area contributed by atoms with E-state index in [9.17, 15) is 13.2 Å². The molecule has 0 unspecified atom stereocenters. The molecule has 0 N–H and O–H groups in total. The summed E-state index contributed by atoms with van der Waals surface area (Å²) in [6.07, 6.45) is 0.826. The van der Waals surface area contributed by atoms with Crippen LogP contribution in [0.4, 0.5) is 5.69 Å². The summed E-state index contributed by atoms with van der Waals surface area (Å²) >= 11 is 5.92. The molecular weight excluding hydrogens is 460 g/mol. The molecule has 178 valence electrons. The van der Waals surface area contributed by atoms with Crippen molar-refractivity contribution in [3.63, 3.8) is 0 Å². The molecule has 7 nitrogen and oxygen atoms in total. The maximum atomic E-state index is 12.9. The Morgan fingerprint density at radius 1 is 1.00 bits per heavy atom. The average molecular weight is 491 g/mol. The summed E-state index contributed by atoms with van der Waals surface area (Å²) in [5, 5.41) is 0.637. The fourth-order valence-corrected chi connectivity index (χ4v) is 5.81. The van der Waals surface area contributed by atoms with Crippen LogP contribution in [-0.4, -0.2) is 74.1 Å². The van der Waals surface area contributed by atoms with E-state index in [0.29, 0.717) is 24.7 Å². The number of rotatable bonds is 6. The highest BCUT2D eigenvalue weighted by Crippen LogP contribution is 2.26. The molecule has 4 rings (SSSR count). The van der Waals surface area contributed by atoms with E-state index in [1.807, 2.05) is 21.9 Å². The molecule has 0 bridgehead atoms. The predicted octanol–water partition coefficient (Wildman–Crippen LogP) is 2.79. The minimum Gasteiger partial charge on any atom is -0.368 e. The van der Waals surface area contributed by atoms with Crippen molar-refractivity contribution in [1.82, 2.24) is 14.1 Å². The number of amides is 1. The maximum Gasteiger partial charge on any atom is 0.227 e. The molecule has 2 aliphatic rings. The second-order valence-corrected chi connectivity index (χ2v) is 11.4. The molecule has 0 aliphatic carbocycles. The zero-order valence-electron chi connectivity index (χ0n) is 19.2. The van der Waals surface area contributed by atoms with Gasteiger partial charge in [0.25, 0.3) is 0 Å². The molecule has 2 aliphatic heterocycles. The van der Waals surface area contributed by atoms with Gasteiger partial charge in [-0.15, -0.1) is 0 Å². The van der Waals surface area contributed by atoms with Gasteiger partial charge in [0.05, 0.1) is 0 Å². The number of anilines is 1. The molecule has 9 heteroatoms. The lowest BCUT2D eigenvalue weighted by atomic mass is 9.99. The SMILES string of the molecule is CC(=O)N1CCN(c2ccc3c(c2)CCN(CS(=O)(=O)N(C)Cc2ccc(Cl)cc2)C3)CC1. The maximum absolute atomic E-state index is 12.9. The highest BCUT2D eigenvalue weighted by atomic mass is 35.5. The average Bonchev–Trinajstić information content (AvgIpc) is 2.80. The molecule has 2 aromatic rings. The Morgan fingerprint density at radius 2 is 1.70 bits per heavy atom. The lowest BCUT2D eigenvalue weighted by Gasteiger charge is -2.36. The standard InChI is InChI=1S/C24H31ClN4O3S/c1-19(30)28-11-13-29(14-12-28)24-8-5-22-17-27(10-9-21(22)15-24)18-33(31,32)26(2)16-20-3-6-23(25)7-4-20/h3-8,15H,9-14,16-18H2,1-2H3. The first-order chi connectivity index (χ1) is 15.7. The van der Waals surface area contributed by atoms with E-state index < -0.39 is 10.0 Å². The summed E-state index contributed by atoms with van der Waals surface area (Å²) < 4.78 is 27.3. The van der Waals surface area contributed by atoms with Crippen molar-refractivity contribution in [1.29, 1.82) is 0 Å². The Morgan fingerprint density at radius 3 is 2.36 bits per heavy atom. The summed E-state index contributed by atoms with van der Waals surface area (Å²) in [6.45, 7) is 6.46. The number of sulfonamides is 1. The van der Waals surface area contributed by atoms with Gasteiger partial charge >= 0.3 is 0 Å². The van der Waals surface area contributed by atoms with Crippen molar-refractivity contribution >= 4 is 33.2 Å². The zero-order chi connectivity index (χ0) is 23.6. The summed E-state index contributed by atoms with van der Waals surface area (Å²) in [5.41, 5.74) is 4.56. The topological polar surface area (TPSA) is 64.2 Å². The second kappa shape index (κ2) is 10.0. The first-order valence-corrected chi connectivity index (χ1v) is 13.2. The summed E-state index contributed by atoms with van der Waals surface area (Å²) in [5.74, 6) is 0.139. The number of piperazine rings is 1. The van der Waals surface area contributed by atoms with E-state index in [-0.39, 0.29) is 11.8 Å². The van der Waals surface area contributed by atoms with Gasteiger partial charge in [0.1, 0.15) is 5.88 Å². The van der Waals surface area contributed by atoms with E-state index in [1.54, 1.807) is 26.1 Å². The van der Waals surface area contributed by atoms with Crippen molar-refractivity contribution < 1.29 is 13.2 Å². The van der Waals surface area contributed by atoms with Crippen LogP contribution in [0, 0.1) is 0 Å². The largest absolute Gasteiger partial charge is 0.368 e. The highest BCUT2D eigenvalue weighted by Gasteiger charge is 2.26. The number of carbonyl (C=O) groups is 1. The van der Waals surface area contributed by atoms with Gasteiger partial charge < -0.3 is 9.80 Å². The van der Waals surface area contributed by atoms with Gasteiger partial charge in [-0.25, -0.2) is 8.42 Å². The molecule has 0 atom stereocenters. The van der Waals surface area contributed by atoms with Gasteiger partial charge in [-0.3, -0.25) is 9.69 Å². The first-order valence-electron chi connectivity index (χ1n) is 11.2. The molecule has 0 saturated carbocycles. The summed E-state index contributed by atoms with van der Waals surface area (Å²) in [7, 11) is -1.80. The molecule has 0 radical (unpaired) electrons. The monoisotopic (exact) mass is 490 g/mol. The lowest BCUT2D eigenvalue weighted by molar-refractivity contribution is -0.129. The van der Waals surface area contributed by atoms with Crippen LogP contribution in [0.2, 0.25) is 5.02 Å². The van der Waals surface area contributed by atoms with Gasteiger partial charge in [-0.2, -0.15) is 4.31 Å². The minimum atomic E-state index is -3.42. The number of hydrogen-bond acceptors (Lipinski definition) is 5. The van der Waals surface area contributed by atoms with E-state index >= 15 is 0 Å². The molecule has 2 aromatic carbocycles. The third-order valence-electron chi connectivity index (χ3n) is 6.51. The number of hydrogen-bond donors (Lipinski definition) is 0. The van der Waals surface area contributed by atoms with Crippen LogP contribution in [0.5, 0.6) is 0 Å². The Kier molecular flexibility index (Phi) is 7.28.